The Labute approximate surface area is 219 Å². The molecule has 1 atom stereocenters. The van der Waals surface area contributed by atoms with Crippen molar-refractivity contribution in [2.75, 3.05) is 25.0 Å². The Morgan fingerprint density at radius 3 is 2.37 bits per heavy atom. The van der Waals surface area contributed by atoms with Crippen LogP contribution in [0.4, 0.5) is 5.69 Å². The molecule has 1 saturated heterocycles. The minimum Gasteiger partial charge on any atom is -0.490 e. The van der Waals surface area contributed by atoms with Crippen molar-refractivity contribution < 1.29 is 17.9 Å². The van der Waals surface area contributed by atoms with E-state index in [0.29, 0.717) is 37.1 Å². The van der Waals surface area contributed by atoms with Gasteiger partial charge in [-0.25, -0.2) is 8.42 Å². The first-order valence-electron chi connectivity index (χ1n) is 12.3. The van der Waals surface area contributed by atoms with Crippen LogP contribution >= 0.6 is 23.2 Å². The monoisotopic (exact) mass is 540 g/mol. The molecule has 2 aromatic rings. The fourth-order valence-corrected chi connectivity index (χ4v) is 6.33. The Kier molecular flexibility index (Phi) is 10.3. The SMILES string of the molecule is CCCCCCCOc1c(Cl)cc(C(=O)Nc2ccc(S(=O)(=O)N3CCCC(C)C3)cc2)cc1Cl. The number of sulfonamides is 1. The van der Waals surface area contributed by atoms with Crippen LogP contribution in [0.5, 0.6) is 5.75 Å². The van der Waals surface area contributed by atoms with Gasteiger partial charge in [0.1, 0.15) is 0 Å². The van der Waals surface area contributed by atoms with Gasteiger partial charge in [0.15, 0.2) is 5.75 Å². The Balaban J connectivity index is 1.61. The Bertz CT molecular complexity index is 1080. The van der Waals surface area contributed by atoms with E-state index in [2.05, 4.69) is 19.2 Å². The third-order valence-corrected chi connectivity index (χ3v) is 8.57. The van der Waals surface area contributed by atoms with Crippen LogP contribution in [0.25, 0.3) is 0 Å². The number of unbranched alkanes of at least 4 members (excludes halogenated alkanes) is 4. The van der Waals surface area contributed by atoms with Gasteiger partial charge in [-0.3, -0.25) is 4.79 Å². The van der Waals surface area contributed by atoms with E-state index in [-0.39, 0.29) is 20.5 Å². The van der Waals surface area contributed by atoms with Crippen molar-refractivity contribution in [2.45, 2.75) is 63.7 Å². The Morgan fingerprint density at radius 2 is 1.74 bits per heavy atom. The number of hydrogen-bond donors (Lipinski definition) is 1. The summed E-state index contributed by atoms with van der Waals surface area (Å²) in [6, 6.07) is 9.23. The van der Waals surface area contributed by atoms with Gasteiger partial charge in [-0.15, -0.1) is 0 Å². The average molecular weight is 542 g/mol. The summed E-state index contributed by atoms with van der Waals surface area (Å²) in [5, 5.41) is 3.31. The van der Waals surface area contributed by atoms with Gasteiger partial charge >= 0.3 is 0 Å². The van der Waals surface area contributed by atoms with Crippen LogP contribution in [0.1, 0.15) is 69.2 Å². The minimum atomic E-state index is -3.55. The van der Waals surface area contributed by atoms with Crippen molar-refractivity contribution in [3.63, 3.8) is 0 Å². The molecule has 0 saturated carbocycles. The number of amides is 1. The standard InChI is InChI=1S/C26H34Cl2N2O4S/c1-3-4-5-6-7-15-34-25-23(27)16-20(17-24(25)28)26(31)29-21-10-12-22(13-11-21)35(32,33)30-14-8-9-19(2)18-30/h10-13,16-17,19H,3-9,14-15,18H2,1-2H3,(H,29,31). The number of benzene rings is 2. The van der Waals surface area contributed by atoms with Gasteiger partial charge in [0.25, 0.3) is 5.91 Å². The van der Waals surface area contributed by atoms with Gasteiger partial charge in [-0.1, -0.05) is 62.7 Å². The van der Waals surface area contributed by atoms with E-state index in [0.717, 1.165) is 25.7 Å². The zero-order valence-corrected chi connectivity index (χ0v) is 22.7. The van der Waals surface area contributed by atoms with Crippen molar-refractivity contribution in [3.05, 3.63) is 52.0 Å². The van der Waals surface area contributed by atoms with Crippen LogP contribution < -0.4 is 10.1 Å². The number of piperidine rings is 1. The van der Waals surface area contributed by atoms with E-state index >= 15 is 0 Å². The first kappa shape index (κ1) is 27.8. The molecule has 35 heavy (non-hydrogen) atoms. The minimum absolute atomic E-state index is 0.215. The third kappa shape index (κ3) is 7.59. The van der Waals surface area contributed by atoms with Crippen molar-refractivity contribution in [1.82, 2.24) is 4.31 Å². The molecular weight excluding hydrogens is 507 g/mol. The summed E-state index contributed by atoms with van der Waals surface area (Å²) in [4.78, 5) is 13.0. The number of rotatable bonds is 11. The molecule has 0 radical (unpaired) electrons. The number of carbonyl (C=O) groups is 1. The van der Waals surface area contributed by atoms with Crippen LogP contribution in [-0.2, 0) is 10.0 Å². The van der Waals surface area contributed by atoms with Crippen LogP contribution in [-0.4, -0.2) is 38.3 Å². The summed E-state index contributed by atoms with van der Waals surface area (Å²) >= 11 is 12.7. The predicted octanol–water partition coefficient (Wildman–Crippen LogP) is 7.02. The molecule has 9 heteroatoms. The van der Waals surface area contributed by atoms with Crippen LogP contribution in [0.15, 0.2) is 41.3 Å². The second-order valence-electron chi connectivity index (χ2n) is 9.12. The van der Waals surface area contributed by atoms with Gasteiger partial charge in [0.05, 0.1) is 21.5 Å². The fraction of sp³-hybridized carbons (Fsp3) is 0.500. The van der Waals surface area contributed by atoms with Crippen LogP contribution in [0.3, 0.4) is 0 Å². The molecule has 1 fully saturated rings. The Morgan fingerprint density at radius 1 is 1.09 bits per heavy atom. The first-order chi connectivity index (χ1) is 16.7. The summed E-state index contributed by atoms with van der Waals surface area (Å²) in [6.45, 7) is 5.81. The first-order valence-corrected chi connectivity index (χ1v) is 14.5. The number of anilines is 1. The van der Waals surface area contributed by atoms with E-state index in [1.54, 1.807) is 12.1 Å². The Hall–Kier alpha value is -1.80. The number of halogens is 2. The van der Waals surface area contributed by atoms with Crippen molar-refractivity contribution in [1.29, 1.82) is 0 Å². The van der Waals surface area contributed by atoms with E-state index in [1.807, 2.05) is 0 Å². The zero-order valence-electron chi connectivity index (χ0n) is 20.4. The lowest BCUT2D eigenvalue weighted by Crippen LogP contribution is -2.39. The number of carbonyl (C=O) groups excluding carboxylic acids is 1. The summed E-state index contributed by atoms with van der Waals surface area (Å²) in [6.07, 6.45) is 7.47. The van der Waals surface area contributed by atoms with Gasteiger partial charge < -0.3 is 10.1 Å². The molecule has 1 aliphatic rings. The molecule has 6 nitrogen and oxygen atoms in total. The largest absolute Gasteiger partial charge is 0.490 e. The van der Waals surface area contributed by atoms with Gasteiger partial charge in [0, 0.05) is 24.3 Å². The van der Waals surface area contributed by atoms with E-state index < -0.39 is 15.9 Å². The summed E-state index contributed by atoms with van der Waals surface area (Å²) in [5.74, 6) is 0.320. The van der Waals surface area contributed by atoms with Crippen molar-refractivity contribution in [3.8, 4) is 5.75 Å². The second kappa shape index (κ2) is 12.9. The fourth-order valence-electron chi connectivity index (χ4n) is 4.14. The summed E-state index contributed by atoms with van der Waals surface area (Å²) in [7, 11) is -3.55. The second-order valence-corrected chi connectivity index (χ2v) is 11.9. The van der Waals surface area contributed by atoms with Crippen molar-refractivity contribution >= 4 is 44.8 Å². The lowest BCUT2D eigenvalue weighted by Gasteiger charge is -2.30. The van der Waals surface area contributed by atoms with E-state index in [4.69, 9.17) is 27.9 Å². The maximum atomic E-state index is 12.9. The highest BCUT2D eigenvalue weighted by Gasteiger charge is 2.28. The van der Waals surface area contributed by atoms with Crippen LogP contribution in [0, 0.1) is 5.92 Å². The molecule has 0 bridgehead atoms. The molecule has 1 unspecified atom stereocenters. The average Bonchev–Trinajstić information content (AvgIpc) is 2.83. The summed E-state index contributed by atoms with van der Waals surface area (Å²) < 4.78 is 33.1. The predicted molar refractivity (Wildman–Crippen MR) is 142 cm³/mol. The smallest absolute Gasteiger partial charge is 0.255 e. The molecule has 192 valence electrons. The quantitative estimate of drug-likeness (QED) is 0.311. The molecular formula is C26H34Cl2N2O4S. The third-order valence-electron chi connectivity index (χ3n) is 6.12. The molecule has 1 N–H and O–H groups in total. The zero-order chi connectivity index (χ0) is 25.4. The molecule has 0 aromatic heterocycles. The molecule has 1 amide bonds. The topological polar surface area (TPSA) is 75.7 Å². The molecule has 2 aromatic carbocycles. The molecule has 3 rings (SSSR count). The van der Waals surface area contributed by atoms with E-state index in [9.17, 15) is 13.2 Å². The maximum Gasteiger partial charge on any atom is 0.255 e. The molecule has 1 heterocycles. The van der Waals surface area contributed by atoms with Gasteiger partial charge in [0.2, 0.25) is 10.0 Å². The lowest BCUT2D eigenvalue weighted by molar-refractivity contribution is 0.102. The molecule has 0 spiro atoms. The number of nitrogens with zero attached hydrogens (tertiary/aromatic N) is 1. The van der Waals surface area contributed by atoms with Gasteiger partial charge in [-0.05, 0) is 61.6 Å². The number of hydrogen-bond acceptors (Lipinski definition) is 4. The summed E-state index contributed by atoms with van der Waals surface area (Å²) in [5.41, 5.74) is 0.759. The highest BCUT2D eigenvalue weighted by atomic mass is 35.5. The number of ether oxygens (including phenoxy) is 1. The maximum absolute atomic E-state index is 12.9. The van der Waals surface area contributed by atoms with Crippen LogP contribution in [0.2, 0.25) is 10.0 Å². The molecule has 1 aliphatic heterocycles. The lowest BCUT2D eigenvalue weighted by atomic mass is 10.0. The molecule has 0 aliphatic carbocycles. The van der Waals surface area contributed by atoms with Gasteiger partial charge in [-0.2, -0.15) is 4.31 Å². The normalized spacial score (nSPS) is 16.7. The highest BCUT2D eigenvalue weighted by molar-refractivity contribution is 7.89. The number of nitrogens with one attached hydrogen (secondary N) is 1. The highest BCUT2D eigenvalue weighted by Crippen LogP contribution is 2.35. The van der Waals surface area contributed by atoms with E-state index in [1.165, 1.54) is 47.8 Å². The van der Waals surface area contributed by atoms with Crippen molar-refractivity contribution in [2.24, 2.45) is 5.92 Å².